The van der Waals surface area contributed by atoms with Crippen molar-refractivity contribution in [3.63, 3.8) is 0 Å². The van der Waals surface area contributed by atoms with E-state index in [0.717, 1.165) is 5.56 Å². The third-order valence-electron chi connectivity index (χ3n) is 7.01. The Labute approximate surface area is 255 Å². The van der Waals surface area contributed by atoms with Crippen molar-refractivity contribution in [3.8, 4) is 11.5 Å². The summed E-state index contributed by atoms with van der Waals surface area (Å²) in [5.41, 5.74) is 3.12. The van der Waals surface area contributed by atoms with Gasteiger partial charge >= 0.3 is 0 Å². The van der Waals surface area contributed by atoms with Crippen LogP contribution in [-0.2, 0) is 26.0 Å². The Bertz CT molecular complexity index is 1350. The number of nitrogens with zero attached hydrogens (tertiary/aromatic N) is 2. The molecule has 0 saturated heterocycles. The number of hydrogen-bond donors (Lipinski definition) is 3. The van der Waals surface area contributed by atoms with Crippen LogP contribution in [-0.4, -0.2) is 79.8 Å². The van der Waals surface area contributed by atoms with Crippen molar-refractivity contribution < 1.29 is 32.6 Å². The zero-order valence-corrected chi connectivity index (χ0v) is 27.0. The Morgan fingerprint density at radius 3 is 2.26 bits per heavy atom. The van der Waals surface area contributed by atoms with Crippen LogP contribution >= 0.6 is 0 Å². The first-order chi connectivity index (χ1) is 20.1. The van der Waals surface area contributed by atoms with Gasteiger partial charge in [0.1, 0.15) is 0 Å². The number of hydrogen-bond acceptors (Lipinski definition) is 8. The first-order valence-corrected chi connectivity index (χ1v) is 16.0. The van der Waals surface area contributed by atoms with Gasteiger partial charge in [0.2, 0.25) is 22.7 Å². The number of aliphatic hydroxyl groups excluding tert-OH is 1. The summed E-state index contributed by atoms with van der Waals surface area (Å²) in [5.74, 6) is -0.135. The molecule has 0 radical (unpaired) electrons. The predicted molar refractivity (Wildman–Crippen MR) is 164 cm³/mol. The van der Waals surface area contributed by atoms with Crippen molar-refractivity contribution in [1.82, 2.24) is 20.1 Å². The maximum Gasteiger partial charge on any atom is 0.255 e. The summed E-state index contributed by atoms with van der Waals surface area (Å²) in [4.78, 5) is 26.8. The molecular weight excluding hydrogens is 572 g/mol. The fraction of sp³-hybridized carbons (Fsp3) is 0.548. The fourth-order valence-corrected chi connectivity index (χ4v) is 6.30. The van der Waals surface area contributed by atoms with E-state index < -0.39 is 45.4 Å². The van der Waals surface area contributed by atoms with E-state index in [2.05, 4.69) is 10.7 Å². The maximum absolute atomic E-state index is 13.9. The van der Waals surface area contributed by atoms with Gasteiger partial charge < -0.3 is 19.9 Å². The molecule has 0 aromatic heterocycles. The van der Waals surface area contributed by atoms with E-state index in [0.29, 0.717) is 11.5 Å². The van der Waals surface area contributed by atoms with Gasteiger partial charge in [0, 0.05) is 25.6 Å². The van der Waals surface area contributed by atoms with Crippen molar-refractivity contribution in [2.24, 2.45) is 11.3 Å². The summed E-state index contributed by atoms with van der Waals surface area (Å²) in [6.45, 7) is 11.0. The second kappa shape index (κ2) is 14.5. The summed E-state index contributed by atoms with van der Waals surface area (Å²) >= 11 is 0. The topological polar surface area (TPSA) is 138 Å². The lowest BCUT2D eigenvalue weighted by Gasteiger charge is -2.38. The number of likely N-dealkylation sites (N-methyl/N-ethyl adjacent to an activating group) is 1. The molecule has 2 amide bonds. The van der Waals surface area contributed by atoms with Gasteiger partial charge in [-0.25, -0.2) is 13.4 Å². The number of rotatable bonds is 13. The first kappa shape index (κ1) is 34.3. The first-order valence-electron chi connectivity index (χ1n) is 14.5. The number of amides is 2. The second-order valence-corrected chi connectivity index (χ2v) is 14.5. The lowest BCUT2D eigenvalue weighted by atomic mass is 9.91. The Morgan fingerprint density at radius 2 is 1.65 bits per heavy atom. The zero-order valence-electron chi connectivity index (χ0n) is 26.2. The molecule has 12 heteroatoms. The molecule has 1 aliphatic heterocycles. The van der Waals surface area contributed by atoms with Crippen LogP contribution in [0.25, 0.3) is 0 Å². The molecule has 0 aliphatic carbocycles. The third kappa shape index (κ3) is 9.40. The molecule has 43 heavy (non-hydrogen) atoms. The van der Waals surface area contributed by atoms with E-state index in [-0.39, 0.29) is 43.5 Å². The summed E-state index contributed by atoms with van der Waals surface area (Å²) in [6, 6.07) is 12.1. The monoisotopic (exact) mass is 618 g/mol. The molecule has 3 rings (SSSR count). The molecule has 3 atom stereocenters. The Kier molecular flexibility index (Phi) is 11.6. The second-order valence-electron chi connectivity index (χ2n) is 12.5. The van der Waals surface area contributed by atoms with Crippen molar-refractivity contribution in [1.29, 1.82) is 0 Å². The van der Waals surface area contributed by atoms with Crippen molar-refractivity contribution in [3.05, 3.63) is 54.1 Å². The summed E-state index contributed by atoms with van der Waals surface area (Å²) in [7, 11) is -2.47. The lowest BCUT2D eigenvalue weighted by Crippen LogP contribution is -2.61. The summed E-state index contributed by atoms with van der Waals surface area (Å²) in [5, 5.41) is 15.9. The maximum atomic E-state index is 13.9. The van der Waals surface area contributed by atoms with Crippen molar-refractivity contribution >= 4 is 21.8 Å². The van der Waals surface area contributed by atoms with Gasteiger partial charge in [-0.05, 0) is 49.4 Å². The van der Waals surface area contributed by atoms with Crippen LogP contribution in [0.2, 0.25) is 0 Å². The number of benzene rings is 2. The van der Waals surface area contributed by atoms with E-state index in [4.69, 9.17) is 9.47 Å². The molecule has 0 saturated carbocycles. The number of aliphatic hydroxyl groups is 1. The normalized spacial score (nSPS) is 15.3. The minimum absolute atomic E-state index is 0.000946. The van der Waals surface area contributed by atoms with Crippen molar-refractivity contribution in [2.45, 2.75) is 77.5 Å². The van der Waals surface area contributed by atoms with E-state index in [1.807, 2.05) is 65.0 Å². The molecule has 0 bridgehead atoms. The van der Waals surface area contributed by atoms with Gasteiger partial charge in [0.25, 0.3) is 5.91 Å². The number of hydrazine groups is 1. The number of fused-ring (bicyclic) bond motifs is 1. The van der Waals surface area contributed by atoms with Gasteiger partial charge in [-0.3, -0.25) is 15.0 Å². The average Bonchev–Trinajstić information content (AvgIpc) is 3.41. The van der Waals surface area contributed by atoms with E-state index in [1.54, 1.807) is 20.0 Å². The highest BCUT2D eigenvalue weighted by molar-refractivity contribution is 7.89. The minimum Gasteiger partial charge on any atom is -0.454 e. The Morgan fingerprint density at radius 1 is 1.00 bits per heavy atom. The standard InChI is InChI=1S/C31H46N4O7S/c1-21(2)18-34(43(39,40)24-13-14-27-28(16-24)42-20-41-27)19-26(36)25(15-23-11-9-8-10-12-23)35(29(37)17-31(4,5)6)33-30(38)22(3)32-7/h8-14,16,21-22,25-26,32,36H,15,17-20H2,1-7H3,(H,33,38)/t22-,25+,26-/m1/s1. The minimum atomic E-state index is -4.10. The zero-order chi connectivity index (χ0) is 31.9. The highest BCUT2D eigenvalue weighted by atomic mass is 32.2. The number of nitrogens with one attached hydrogen (secondary N) is 2. The van der Waals surface area contributed by atoms with Crippen LogP contribution in [0.4, 0.5) is 0 Å². The smallest absolute Gasteiger partial charge is 0.255 e. The third-order valence-corrected chi connectivity index (χ3v) is 8.84. The van der Waals surface area contributed by atoms with Crippen LogP contribution in [0.5, 0.6) is 11.5 Å². The quantitative estimate of drug-likeness (QED) is 0.292. The van der Waals surface area contributed by atoms with Gasteiger partial charge in [-0.15, -0.1) is 0 Å². The SMILES string of the molecule is CN[C@H](C)C(=O)NN(C(=O)CC(C)(C)C)[C@@H](Cc1ccccc1)[C@H](O)CN(CC(C)C)S(=O)(=O)c1ccc2c(c1)OCO2. The van der Waals surface area contributed by atoms with E-state index in [9.17, 15) is 23.1 Å². The van der Waals surface area contributed by atoms with Crippen LogP contribution in [0.15, 0.2) is 53.4 Å². The molecule has 0 spiro atoms. The number of carbonyl (C=O) groups excluding carboxylic acids is 2. The van der Waals surface area contributed by atoms with Gasteiger partial charge in [0.05, 0.1) is 23.1 Å². The molecule has 11 nitrogen and oxygen atoms in total. The molecular formula is C31H46N4O7S. The van der Waals surface area contributed by atoms with Gasteiger partial charge in [-0.2, -0.15) is 4.31 Å². The molecule has 0 fully saturated rings. The average molecular weight is 619 g/mol. The van der Waals surface area contributed by atoms with Crippen molar-refractivity contribution in [2.75, 3.05) is 26.9 Å². The Hall–Kier alpha value is -3.19. The lowest BCUT2D eigenvalue weighted by molar-refractivity contribution is -0.150. The highest BCUT2D eigenvalue weighted by Gasteiger charge is 2.37. The largest absolute Gasteiger partial charge is 0.454 e. The number of ether oxygens (including phenoxy) is 2. The van der Waals surface area contributed by atoms with Crippen LogP contribution in [0.3, 0.4) is 0 Å². The highest BCUT2D eigenvalue weighted by Crippen LogP contribution is 2.35. The molecule has 0 unspecified atom stereocenters. The van der Waals surface area contributed by atoms with Crippen LogP contribution in [0, 0.1) is 11.3 Å². The summed E-state index contributed by atoms with van der Waals surface area (Å²) < 4.78 is 39.8. The summed E-state index contributed by atoms with van der Waals surface area (Å²) in [6.07, 6.45) is -1.10. The molecule has 238 valence electrons. The van der Waals surface area contributed by atoms with Crippen LogP contribution < -0.4 is 20.2 Å². The van der Waals surface area contributed by atoms with E-state index in [1.165, 1.54) is 21.4 Å². The van der Waals surface area contributed by atoms with Crippen LogP contribution in [0.1, 0.15) is 53.5 Å². The fourth-order valence-electron chi connectivity index (χ4n) is 4.67. The number of carbonyl (C=O) groups is 2. The molecule has 2 aromatic carbocycles. The molecule has 1 heterocycles. The van der Waals surface area contributed by atoms with E-state index >= 15 is 0 Å². The molecule has 1 aliphatic rings. The predicted octanol–water partition coefficient (Wildman–Crippen LogP) is 2.94. The van der Waals surface area contributed by atoms with Gasteiger partial charge in [0.15, 0.2) is 11.5 Å². The molecule has 2 aromatic rings. The number of sulfonamides is 1. The van der Waals surface area contributed by atoms with Gasteiger partial charge in [-0.1, -0.05) is 65.0 Å². The Balaban J connectivity index is 2.03. The molecule has 3 N–H and O–H groups in total.